The van der Waals surface area contributed by atoms with E-state index < -0.39 is 10.7 Å². The molecule has 0 saturated heterocycles. The second kappa shape index (κ2) is 5.68. The van der Waals surface area contributed by atoms with Crippen molar-refractivity contribution < 1.29 is 10.0 Å². The van der Waals surface area contributed by atoms with Crippen LogP contribution < -0.4 is 0 Å². The van der Waals surface area contributed by atoms with Crippen molar-refractivity contribution in [3.05, 3.63) is 44.5 Å². The molecule has 0 atom stereocenters. The SMILES string of the molecule is CC(C)(C)c1n[nH]c(=S)n1/N=C\c1ccc(O)c([N+](=O)[O-])c1. The molecule has 0 amide bonds. The van der Waals surface area contributed by atoms with Crippen LogP contribution in [0.2, 0.25) is 0 Å². The van der Waals surface area contributed by atoms with Crippen LogP contribution in [0.25, 0.3) is 0 Å². The molecule has 2 N–H and O–H groups in total. The average molecular weight is 321 g/mol. The minimum absolute atomic E-state index is 0.272. The lowest BCUT2D eigenvalue weighted by atomic mass is 9.96. The number of aromatic amines is 1. The number of aromatic nitrogens is 3. The Hall–Kier alpha value is -2.55. The Balaban J connectivity index is 2.42. The van der Waals surface area contributed by atoms with E-state index >= 15 is 0 Å². The van der Waals surface area contributed by atoms with Crippen LogP contribution in [-0.4, -0.2) is 31.1 Å². The second-order valence-electron chi connectivity index (χ2n) is 5.66. The quantitative estimate of drug-likeness (QED) is 0.391. The van der Waals surface area contributed by atoms with Crippen LogP contribution in [0.15, 0.2) is 23.3 Å². The summed E-state index contributed by atoms with van der Waals surface area (Å²) >= 11 is 5.13. The summed E-state index contributed by atoms with van der Waals surface area (Å²) in [6.45, 7) is 5.90. The number of nitrogens with one attached hydrogen (secondary N) is 1. The third-order valence-corrected chi connectivity index (χ3v) is 3.10. The van der Waals surface area contributed by atoms with Gasteiger partial charge in [-0.1, -0.05) is 20.8 Å². The third kappa shape index (κ3) is 3.19. The normalized spacial score (nSPS) is 12.0. The fraction of sp³-hybridized carbons (Fsp3) is 0.308. The van der Waals surface area contributed by atoms with Gasteiger partial charge in [-0.25, -0.2) is 0 Å². The van der Waals surface area contributed by atoms with Crippen molar-refractivity contribution >= 4 is 24.1 Å². The number of aromatic hydroxyl groups is 1. The maximum atomic E-state index is 10.8. The molecule has 2 rings (SSSR count). The van der Waals surface area contributed by atoms with Crippen molar-refractivity contribution in [2.75, 3.05) is 0 Å². The van der Waals surface area contributed by atoms with Crippen molar-refractivity contribution in [3.63, 3.8) is 0 Å². The van der Waals surface area contributed by atoms with Gasteiger partial charge in [-0.05, 0) is 24.4 Å². The summed E-state index contributed by atoms with van der Waals surface area (Å²) in [4.78, 5) is 10.2. The number of H-pyrrole nitrogens is 1. The van der Waals surface area contributed by atoms with Gasteiger partial charge in [0.05, 0.1) is 11.1 Å². The third-order valence-electron chi connectivity index (χ3n) is 2.84. The highest BCUT2D eigenvalue weighted by Gasteiger charge is 2.21. The molecule has 1 aromatic heterocycles. The Bertz CT molecular complexity index is 801. The first-order chi connectivity index (χ1) is 10.2. The molecule has 0 radical (unpaired) electrons. The maximum absolute atomic E-state index is 10.8. The van der Waals surface area contributed by atoms with Gasteiger partial charge in [-0.15, -0.1) is 0 Å². The lowest BCUT2D eigenvalue weighted by molar-refractivity contribution is -0.385. The first kappa shape index (κ1) is 15.8. The number of phenolic OH excluding ortho intramolecular Hbond substituents is 1. The number of hydrogen-bond donors (Lipinski definition) is 2. The molecule has 0 saturated carbocycles. The second-order valence-corrected chi connectivity index (χ2v) is 6.05. The molecule has 22 heavy (non-hydrogen) atoms. The number of phenols is 1. The lowest BCUT2D eigenvalue weighted by Crippen LogP contribution is -2.17. The van der Waals surface area contributed by atoms with Crippen molar-refractivity contribution in [2.24, 2.45) is 5.10 Å². The molecule has 1 aromatic carbocycles. The zero-order chi connectivity index (χ0) is 16.5. The number of nitro benzene ring substituents is 1. The van der Waals surface area contributed by atoms with Crippen LogP contribution in [0.3, 0.4) is 0 Å². The largest absolute Gasteiger partial charge is 0.502 e. The minimum Gasteiger partial charge on any atom is -0.502 e. The summed E-state index contributed by atoms with van der Waals surface area (Å²) in [5.41, 5.74) is -0.186. The first-order valence-corrected chi connectivity index (χ1v) is 6.80. The number of hydrogen-bond acceptors (Lipinski definition) is 6. The predicted octanol–water partition coefficient (Wildman–Crippen LogP) is 2.73. The fourth-order valence-electron chi connectivity index (χ4n) is 1.78. The number of nitro groups is 1. The van der Waals surface area contributed by atoms with Gasteiger partial charge >= 0.3 is 5.69 Å². The van der Waals surface area contributed by atoms with Gasteiger partial charge in [0, 0.05) is 17.0 Å². The van der Waals surface area contributed by atoms with Crippen LogP contribution in [-0.2, 0) is 5.41 Å². The molecular formula is C13H15N5O3S. The van der Waals surface area contributed by atoms with E-state index in [9.17, 15) is 15.2 Å². The van der Waals surface area contributed by atoms with E-state index in [-0.39, 0.29) is 11.1 Å². The van der Waals surface area contributed by atoms with E-state index in [0.29, 0.717) is 16.2 Å². The zero-order valence-corrected chi connectivity index (χ0v) is 13.1. The maximum Gasteiger partial charge on any atom is 0.311 e. The molecule has 0 fully saturated rings. The molecule has 0 aliphatic heterocycles. The Labute approximate surface area is 131 Å². The van der Waals surface area contributed by atoms with Crippen molar-refractivity contribution in [1.29, 1.82) is 0 Å². The molecule has 0 bridgehead atoms. The summed E-state index contributed by atoms with van der Waals surface area (Å²) in [5.74, 6) is 0.250. The van der Waals surface area contributed by atoms with Crippen LogP contribution >= 0.6 is 12.2 Å². The van der Waals surface area contributed by atoms with Crippen LogP contribution in [0.5, 0.6) is 5.75 Å². The molecule has 0 aliphatic rings. The smallest absolute Gasteiger partial charge is 0.311 e. The van der Waals surface area contributed by atoms with Gasteiger partial charge < -0.3 is 5.11 Å². The van der Waals surface area contributed by atoms with E-state index in [4.69, 9.17) is 12.2 Å². The topological polar surface area (TPSA) is 109 Å². The molecule has 8 nitrogen and oxygen atoms in total. The number of rotatable bonds is 3. The van der Waals surface area contributed by atoms with E-state index in [1.807, 2.05) is 20.8 Å². The summed E-state index contributed by atoms with van der Waals surface area (Å²) in [7, 11) is 0. The van der Waals surface area contributed by atoms with Gasteiger partial charge in [0.2, 0.25) is 4.77 Å². The molecule has 9 heteroatoms. The van der Waals surface area contributed by atoms with Gasteiger partial charge in [0.1, 0.15) is 0 Å². The van der Waals surface area contributed by atoms with Gasteiger partial charge in [0.15, 0.2) is 11.6 Å². The molecule has 116 valence electrons. The van der Waals surface area contributed by atoms with Crippen molar-refractivity contribution in [1.82, 2.24) is 14.9 Å². The summed E-state index contributed by atoms with van der Waals surface area (Å²) in [6.07, 6.45) is 1.42. The van der Waals surface area contributed by atoms with Gasteiger partial charge in [-0.3, -0.25) is 15.2 Å². The standard InChI is InChI=1S/C13H15N5O3S/c1-13(2,3)11-15-16-12(22)17(11)14-7-8-4-5-10(19)9(6-8)18(20)21/h4-7,19H,1-3H3,(H,16,22)/b14-7-. The molecular weight excluding hydrogens is 306 g/mol. The fourth-order valence-corrected chi connectivity index (χ4v) is 1.95. The van der Waals surface area contributed by atoms with Crippen LogP contribution in [0, 0.1) is 14.9 Å². The van der Waals surface area contributed by atoms with Crippen LogP contribution in [0.1, 0.15) is 32.2 Å². The molecule has 0 spiro atoms. The number of nitrogens with zero attached hydrogens (tertiary/aromatic N) is 4. The summed E-state index contributed by atoms with van der Waals surface area (Å²) in [5, 5.41) is 31.3. The molecule has 2 aromatic rings. The zero-order valence-electron chi connectivity index (χ0n) is 12.3. The highest BCUT2D eigenvalue weighted by atomic mass is 32.1. The Kier molecular flexibility index (Phi) is 4.09. The highest BCUT2D eigenvalue weighted by molar-refractivity contribution is 7.71. The predicted molar refractivity (Wildman–Crippen MR) is 83.9 cm³/mol. The number of benzene rings is 1. The Morgan fingerprint density at radius 2 is 2.18 bits per heavy atom. The van der Waals surface area contributed by atoms with E-state index in [1.165, 1.54) is 29.1 Å². The minimum atomic E-state index is -0.656. The highest BCUT2D eigenvalue weighted by Crippen LogP contribution is 2.25. The first-order valence-electron chi connectivity index (χ1n) is 6.40. The summed E-state index contributed by atoms with van der Waals surface area (Å²) < 4.78 is 1.79. The molecule has 1 heterocycles. The van der Waals surface area contributed by atoms with E-state index in [2.05, 4.69) is 15.3 Å². The average Bonchev–Trinajstić information content (AvgIpc) is 2.78. The van der Waals surface area contributed by atoms with Gasteiger partial charge in [0.25, 0.3) is 0 Å². The Morgan fingerprint density at radius 1 is 1.50 bits per heavy atom. The molecule has 0 aliphatic carbocycles. The van der Waals surface area contributed by atoms with Gasteiger partial charge in [-0.2, -0.15) is 14.9 Å². The monoisotopic (exact) mass is 321 g/mol. The van der Waals surface area contributed by atoms with E-state index in [1.54, 1.807) is 0 Å². The van der Waals surface area contributed by atoms with Crippen molar-refractivity contribution in [3.8, 4) is 5.75 Å². The lowest BCUT2D eigenvalue weighted by Gasteiger charge is -2.15. The van der Waals surface area contributed by atoms with Crippen LogP contribution in [0.4, 0.5) is 5.69 Å². The van der Waals surface area contributed by atoms with E-state index in [0.717, 1.165) is 0 Å². The summed E-state index contributed by atoms with van der Waals surface area (Å²) in [6, 6.07) is 4.00. The van der Waals surface area contributed by atoms with Crippen molar-refractivity contribution in [2.45, 2.75) is 26.2 Å². The molecule has 0 unspecified atom stereocenters. The Morgan fingerprint density at radius 3 is 2.77 bits per heavy atom.